The van der Waals surface area contributed by atoms with E-state index in [2.05, 4.69) is 41.5 Å². The molecule has 0 spiro atoms. The van der Waals surface area contributed by atoms with E-state index < -0.39 is 0 Å². The molecule has 0 fully saturated rings. The zero-order valence-corrected chi connectivity index (χ0v) is 12.5. The van der Waals surface area contributed by atoms with Crippen molar-refractivity contribution in [1.29, 1.82) is 0 Å². The molecule has 107 valence electrons. The fraction of sp³-hybridized carbons (Fsp3) is 0.500. The summed E-state index contributed by atoms with van der Waals surface area (Å²) in [6.07, 6.45) is 22.5. The molecule has 1 aromatic rings. The summed E-state index contributed by atoms with van der Waals surface area (Å²) in [6, 6.07) is 0. The maximum Gasteiger partial charge on any atom is 0.158 e. The Morgan fingerprint density at radius 1 is 1.00 bits per heavy atom. The van der Waals surface area contributed by atoms with Gasteiger partial charge in [-0.2, -0.15) is 0 Å². The predicted molar refractivity (Wildman–Crippen MR) is 85.1 cm³/mol. The molecule has 0 unspecified atom stereocenters. The molecule has 0 amide bonds. The number of allylic oxidation sites excluding steroid dienone is 4. The van der Waals surface area contributed by atoms with Crippen molar-refractivity contribution in [3.05, 3.63) is 48.4 Å². The molecule has 0 saturated carbocycles. The first-order chi connectivity index (χ1) is 9.90. The van der Waals surface area contributed by atoms with E-state index >= 15 is 0 Å². The first kappa shape index (κ1) is 15.0. The average Bonchev–Trinajstić information content (AvgIpc) is 2.52. The van der Waals surface area contributed by atoms with Crippen LogP contribution in [0.4, 0.5) is 0 Å². The fourth-order valence-corrected chi connectivity index (χ4v) is 2.42. The number of aromatic nitrogens is 2. The van der Waals surface area contributed by atoms with Crippen LogP contribution in [0.15, 0.2) is 30.6 Å². The molecule has 20 heavy (non-hydrogen) atoms. The van der Waals surface area contributed by atoms with Crippen LogP contribution in [-0.4, -0.2) is 9.97 Å². The molecule has 0 saturated heterocycles. The quantitative estimate of drug-likeness (QED) is 0.625. The van der Waals surface area contributed by atoms with Crippen molar-refractivity contribution in [2.45, 2.75) is 58.3 Å². The summed E-state index contributed by atoms with van der Waals surface area (Å²) in [5.74, 6) is 0.848. The van der Waals surface area contributed by atoms with Gasteiger partial charge in [-0.3, -0.25) is 0 Å². The molecule has 0 bridgehead atoms. The summed E-state index contributed by atoms with van der Waals surface area (Å²) in [4.78, 5) is 8.97. The van der Waals surface area contributed by atoms with Gasteiger partial charge in [-0.25, -0.2) is 9.97 Å². The number of aryl methyl sites for hydroxylation is 1. The molecule has 2 rings (SSSR count). The van der Waals surface area contributed by atoms with E-state index in [1.807, 2.05) is 12.4 Å². The van der Waals surface area contributed by atoms with Crippen LogP contribution < -0.4 is 0 Å². The molecule has 0 aliphatic heterocycles. The van der Waals surface area contributed by atoms with E-state index in [9.17, 15) is 0 Å². The lowest BCUT2D eigenvalue weighted by molar-refractivity contribution is 0.606. The Hall–Kier alpha value is -1.44. The van der Waals surface area contributed by atoms with Gasteiger partial charge in [0.1, 0.15) is 0 Å². The van der Waals surface area contributed by atoms with Crippen molar-refractivity contribution < 1.29 is 0 Å². The number of rotatable bonds is 8. The fourth-order valence-electron chi connectivity index (χ4n) is 2.42. The van der Waals surface area contributed by atoms with Crippen LogP contribution in [0.1, 0.15) is 63.3 Å². The summed E-state index contributed by atoms with van der Waals surface area (Å²) < 4.78 is 0. The number of hydrogen-bond donors (Lipinski definition) is 0. The van der Waals surface area contributed by atoms with Gasteiger partial charge in [0.25, 0.3) is 0 Å². The standard InChI is InChI=1S/C18H25N2/c1-2-3-4-5-6-8-11-16-14-19-18(20-15-16)17-12-9-7-10-13-17/h7,9,12-15H,2-6,8,10-11H2,1H3. The molecule has 1 aromatic heterocycles. The second kappa shape index (κ2) is 8.68. The van der Waals surface area contributed by atoms with Gasteiger partial charge in [-0.1, -0.05) is 57.3 Å². The summed E-state index contributed by atoms with van der Waals surface area (Å²) >= 11 is 0. The van der Waals surface area contributed by atoms with Crippen molar-refractivity contribution in [2.24, 2.45) is 0 Å². The van der Waals surface area contributed by atoms with Gasteiger partial charge < -0.3 is 0 Å². The monoisotopic (exact) mass is 269 g/mol. The Balaban J connectivity index is 1.74. The minimum atomic E-state index is 0.848. The average molecular weight is 269 g/mol. The Morgan fingerprint density at radius 3 is 2.45 bits per heavy atom. The molecule has 1 radical (unpaired) electrons. The van der Waals surface area contributed by atoms with E-state index in [4.69, 9.17) is 0 Å². The maximum absolute atomic E-state index is 4.49. The molecule has 1 heterocycles. The highest BCUT2D eigenvalue weighted by atomic mass is 14.9. The van der Waals surface area contributed by atoms with Crippen molar-refractivity contribution in [1.82, 2.24) is 9.97 Å². The van der Waals surface area contributed by atoms with Gasteiger partial charge in [0.2, 0.25) is 0 Å². The van der Waals surface area contributed by atoms with Crippen molar-refractivity contribution in [2.75, 3.05) is 0 Å². The van der Waals surface area contributed by atoms with Crippen LogP contribution >= 0.6 is 0 Å². The first-order valence-electron chi connectivity index (χ1n) is 7.91. The highest BCUT2D eigenvalue weighted by Crippen LogP contribution is 2.17. The van der Waals surface area contributed by atoms with Gasteiger partial charge in [-0.05, 0) is 31.2 Å². The van der Waals surface area contributed by atoms with E-state index in [1.54, 1.807) is 0 Å². The van der Waals surface area contributed by atoms with Crippen LogP contribution in [0.3, 0.4) is 0 Å². The molecular weight excluding hydrogens is 244 g/mol. The summed E-state index contributed by atoms with van der Waals surface area (Å²) in [5.41, 5.74) is 2.40. The van der Waals surface area contributed by atoms with E-state index in [0.717, 1.165) is 24.2 Å². The Bertz CT molecular complexity index is 443. The van der Waals surface area contributed by atoms with Crippen LogP contribution in [0.5, 0.6) is 0 Å². The molecule has 0 N–H and O–H groups in total. The summed E-state index contributed by atoms with van der Waals surface area (Å²) in [6.45, 7) is 2.26. The summed E-state index contributed by atoms with van der Waals surface area (Å²) in [7, 11) is 0. The van der Waals surface area contributed by atoms with Gasteiger partial charge >= 0.3 is 0 Å². The lowest BCUT2D eigenvalue weighted by Gasteiger charge is -2.06. The maximum atomic E-state index is 4.49. The first-order valence-corrected chi connectivity index (χ1v) is 7.91. The van der Waals surface area contributed by atoms with Crippen LogP contribution in [-0.2, 0) is 6.42 Å². The molecular formula is C18H25N2. The minimum absolute atomic E-state index is 0.848. The highest BCUT2D eigenvalue weighted by Gasteiger charge is 2.04. The van der Waals surface area contributed by atoms with Gasteiger partial charge in [0.15, 0.2) is 5.82 Å². The van der Waals surface area contributed by atoms with Crippen molar-refractivity contribution in [3.8, 4) is 0 Å². The Morgan fingerprint density at radius 2 is 1.75 bits per heavy atom. The molecule has 1 aliphatic carbocycles. The SMILES string of the molecule is CCCCCCCCc1cnc(C2=CC[CH]C=C2)nc1. The molecule has 2 heteroatoms. The number of hydrogen-bond acceptors (Lipinski definition) is 2. The van der Waals surface area contributed by atoms with Crippen LogP contribution in [0, 0.1) is 6.42 Å². The third kappa shape index (κ3) is 4.92. The molecule has 0 atom stereocenters. The van der Waals surface area contributed by atoms with Crippen LogP contribution in [0.2, 0.25) is 0 Å². The second-order valence-corrected chi connectivity index (χ2v) is 5.42. The normalized spacial score (nSPS) is 14.3. The zero-order valence-electron chi connectivity index (χ0n) is 12.5. The Labute approximate surface area is 123 Å². The van der Waals surface area contributed by atoms with Gasteiger partial charge in [0, 0.05) is 18.0 Å². The molecule has 2 nitrogen and oxygen atoms in total. The van der Waals surface area contributed by atoms with Crippen LogP contribution in [0.25, 0.3) is 5.57 Å². The van der Waals surface area contributed by atoms with Gasteiger partial charge in [-0.15, -0.1) is 0 Å². The van der Waals surface area contributed by atoms with E-state index in [0.29, 0.717) is 0 Å². The van der Waals surface area contributed by atoms with Gasteiger partial charge in [0.05, 0.1) is 0 Å². The third-order valence-corrected chi connectivity index (χ3v) is 3.67. The molecule has 1 aliphatic rings. The third-order valence-electron chi connectivity index (χ3n) is 3.67. The lowest BCUT2D eigenvalue weighted by atomic mass is 10.1. The van der Waals surface area contributed by atoms with E-state index in [-0.39, 0.29) is 0 Å². The topological polar surface area (TPSA) is 25.8 Å². The van der Waals surface area contributed by atoms with Crippen molar-refractivity contribution in [3.63, 3.8) is 0 Å². The lowest BCUT2D eigenvalue weighted by Crippen LogP contribution is -1.97. The molecule has 0 aromatic carbocycles. The number of unbranched alkanes of at least 4 members (excludes halogenated alkanes) is 5. The minimum Gasteiger partial charge on any atom is -0.236 e. The highest BCUT2D eigenvalue weighted by molar-refractivity contribution is 5.70. The van der Waals surface area contributed by atoms with Crippen molar-refractivity contribution >= 4 is 5.57 Å². The largest absolute Gasteiger partial charge is 0.236 e. The summed E-state index contributed by atoms with van der Waals surface area (Å²) in [5, 5.41) is 0. The zero-order chi connectivity index (χ0) is 14.0. The second-order valence-electron chi connectivity index (χ2n) is 5.42. The smallest absolute Gasteiger partial charge is 0.158 e. The number of nitrogens with zero attached hydrogens (tertiary/aromatic N) is 2. The Kier molecular flexibility index (Phi) is 6.49. The predicted octanol–water partition coefficient (Wildman–Crippen LogP) is 4.93. The van der Waals surface area contributed by atoms with E-state index in [1.165, 1.54) is 44.1 Å².